The van der Waals surface area contributed by atoms with Crippen LogP contribution in [0.15, 0.2) is 24.4 Å². The first kappa shape index (κ1) is 11.8. The maximum absolute atomic E-state index is 12.1. The number of carbonyl (C=O) groups is 2. The Bertz CT molecular complexity index is 654. The average Bonchev–Trinajstić information content (AvgIpc) is 3.06. The third-order valence-electron chi connectivity index (χ3n) is 3.04. The van der Waals surface area contributed by atoms with E-state index in [-0.39, 0.29) is 11.5 Å². The minimum absolute atomic E-state index is 0.179. The van der Waals surface area contributed by atoms with E-state index in [0.717, 1.165) is 22.9 Å². The van der Waals surface area contributed by atoms with Crippen molar-refractivity contribution in [2.24, 2.45) is 0 Å². The number of carboxylic acid groups (broad SMARTS) is 1. The minimum atomic E-state index is -0.962. The molecule has 0 fully saturated rings. The monoisotopic (exact) mass is 275 g/mol. The molecular formula is C12H9N3O3S. The molecule has 2 heterocycles. The summed E-state index contributed by atoms with van der Waals surface area (Å²) in [4.78, 5) is 24.6. The Morgan fingerprint density at radius 1 is 1.26 bits per heavy atom. The first-order valence-corrected chi connectivity index (χ1v) is 6.30. The molecular weight excluding hydrogens is 266 g/mol. The van der Waals surface area contributed by atoms with Gasteiger partial charge in [0, 0.05) is 13.1 Å². The molecule has 6 nitrogen and oxygen atoms in total. The number of carboxylic acids is 1. The Hall–Kier alpha value is -2.28. The van der Waals surface area contributed by atoms with Crippen LogP contribution in [0.4, 0.5) is 0 Å². The first-order valence-electron chi connectivity index (χ1n) is 5.57. The fourth-order valence-electron chi connectivity index (χ4n) is 2.09. The van der Waals surface area contributed by atoms with E-state index < -0.39 is 5.97 Å². The number of rotatable bonds is 2. The molecule has 0 spiro atoms. The molecule has 0 unspecified atom stereocenters. The molecule has 0 atom stereocenters. The smallest absolute Gasteiger partial charge is 0.335 e. The van der Waals surface area contributed by atoms with Gasteiger partial charge in [0.1, 0.15) is 0 Å². The van der Waals surface area contributed by atoms with Crippen molar-refractivity contribution in [3.8, 4) is 0 Å². The standard InChI is InChI=1S/C12H9N3O3S/c16-11(10-4-13-19-14-10)15-5-8-2-1-7(12(17)18)3-9(8)6-15/h1-4H,5-6H2,(H,17,18). The van der Waals surface area contributed by atoms with Crippen LogP contribution >= 0.6 is 11.7 Å². The zero-order chi connectivity index (χ0) is 13.4. The van der Waals surface area contributed by atoms with Gasteiger partial charge in [0.05, 0.1) is 23.5 Å². The van der Waals surface area contributed by atoms with Crippen molar-refractivity contribution < 1.29 is 14.7 Å². The number of aromatic carboxylic acids is 1. The second kappa shape index (κ2) is 4.43. The number of aromatic nitrogens is 2. The van der Waals surface area contributed by atoms with Crippen LogP contribution < -0.4 is 0 Å². The molecule has 1 N–H and O–H groups in total. The van der Waals surface area contributed by atoms with Crippen LogP contribution in [0, 0.1) is 0 Å². The average molecular weight is 275 g/mol. The van der Waals surface area contributed by atoms with E-state index in [1.54, 1.807) is 23.1 Å². The maximum atomic E-state index is 12.1. The van der Waals surface area contributed by atoms with Crippen molar-refractivity contribution in [1.82, 2.24) is 13.6 Å². The third kappa shape index (κ3) is 2.08. The molecule has 3 rings (SSSR count). The molecule has 1 aromatic carbocycles. The summed E-state index contributed by atoms with van der Waals surface area (Å²) in [5.41, 5.74) is 2.41. The summed E-state index contributed by atoms with van der Waals surface area (Å²) in [6.45, 7) is 0.887. The topological polar surface area (TPSA) is 83.4 Å². The van der Waals surface area contributed by atoms with Crippen LogP contribution in [-0.4, -0.2) is 30.6 Å². The molecule has 0 bridgehead atoms. The number of amides is 1. The number of nitrogens with zero attached hydrogens (tertiary/aromatic N) is 3. The summed E-state index contributed by atoms with van der Waals surface area (Å²) in [5.74, 6) is -1.14. The van der Waals surface area contributed by atoms with Crippen molar-refractivity contribution in [3.63, 3.8) is 0 Å². The summed E-state index contributed by atoms with van der Waals surface area (Å²) in [6, 6.07) is 4.93. The first-order chi connectivity index (χ1) is 9.15. The molecule has 1 aliphatic heterocycles. The van der Waals surface area contributed by atoms with Gasteiger partial charge in [-0.25, -0.2) is 4.79 Å². The summed E-state index contributed by atoms with van der Waals surface area (Å²) < 4.78 is 7.72. The van der Waals surface area contributed by atoms with Gasteiger partial charge < -0.3 is 10.0 Å². The molecule has 0 saturated carbocycles. The van der Waals surface area contributed by atoms with E-state index in [9.17, 15) is 9.59 Å². The molecule has 0 radical (unpaired) electrons. The van der Waals surface area contributed by atoms with E-state index in [0.29, 0.717) is 18.8 Å². The maximum Gasteiger partial charge on any atom is 0.335 e. The lowest BCUT2D eigenvalue weighted by molar-refractivity contribution is 0.0696. The summed E-state index contributed by atoms with van der Waals surface area (Å²) in [7, 11) is 0. The van der Waals surface area contributed by atoms with Gasteiger partial charge in [0.15, 0.2) is 5.69 Å². The molecule has 96 valence electrons. The van der Waals surface area contributed by atoms with Gasteiger partial charge in [-0.15, -0.1) is 0 Å². The predicted molar refractivity (Wildman–Crippen MR) is 66.9 cm³/mol. The molecule has 0 saturated heterocycles. The van der Waals surface area contributed by atoms with E-state index >= 15 is 0 Å². The minimum Gasteiger partial charge on any atom is -0.478 e. The van der Waals surface area contributed by atoms with Crippen molar-refractivity contribution in [1.29, 1.82) is 0 Å². The van der Waals surface area contributed by atoms with Crippen LogP contribution in [0.3, 0.4) is 0 Å². The van der Waals surface area contributed by atoms with Crippen molar-refractivity contribution in [3.05, 3.63) is 46.8 Å². The molecule has 19 heavy (non-hydrogen) atoms. The fraction of sp³-hybridized carbons (Fsp3) is 0.167. The fourth-order valence-corrected chi connectivity index (χ4v) is 2.50. The van der Waals surface area contributed by atoms with Crippen LogP contribution in [0.5, 0.6) is 0 Å². The predicted octanol–water partition coefficient (Wildman–Crippen LogP) is 1.39. The Kier molecular flexibility index (Phi) is 2.75. The lowest BCUT2D eigenvalue weighted by Crippen LogP contribution is -2.25. The summed E-state index contributed by atoms with van der Waals surface area (Å²) >= 11 is 0.992. The third-order valence-corrected chi connectivity index (χ3v) is 3.52. The van der Waals surface area contributed by atoms with Crippen molar-refractivity contribution >= 4 is 23.6 Å². The lowest BCUT2D eigenvalue weighted by atomic mass is 10.1. The van der Waals surface area contributed by atoms with Crippen LogP contribution in [0.1, 0.15) is 32.0 Å². The van der Waals surface area contributed by atoms with Crippen LogP contribution in [0.25, 0.3) is 0 Å². The molecule has 1 aromatic heterocycles. The zero-order valence-electron chi connectivity index (χ0n) is 9.74. The summed E-state index contributed by atoms with van der Waals surface area (Å²) in [6.07, 6.45) is 1.44. The van der Waals surface area contributed by atoms with Crippen molar-refractivity contribution in [2.75, 3.05) is 0 Å². The second-order valence-corrected chi connectivity index (χ2v) is 4.80. The van der Waals surface area contributed by atoms with Gasteiger partial charge in [-0.1, -0.05) is 6.07 Å². The summed E-state index contributed by atoms with van der Waals surface area (Å²) in [5, 5.41) is 8.94. The van der Waals surface area contributed by atoms with Gasteiger partial charge in [-0.05, 0) is 23.3 Å². The zero-order valence-corrected chi connectivity index (χ0v) is 10.6. The SMILES string of the molecule is O=C(O)c1ccc2c(c1)CN(C(=O)c1cnsn1)C2. The second-order valence-electron chi connectivity index (χ2n) is 4.24. The Morgan fingerprint density at radius 2 is 2.05 bits per heavy atom. The molecule has 7 heteroatoms. The highest BCUT2D eigenvalue weighted by Gasteiger charge is 2.26. The highest BCUT2D eigenvalue weighted by Crippen LogP contribution is 2.25. The Labute approximate surface area is 112 Å². The van der Waals surface area contributed by atoms with Crippen LogP contribution in [-0.2, 0) is 13.1 Å². The van der Waals surface area contributed by atoms with E-state index in [2.05, 4.69) is 8.75 Å². The number of hydrogen-bond acceptors (Lipinski definition) is 5. The Balaban J connectivity index is 1.84. The van der Waals surface area contributed by atoms with Crippen molar-refractivity contribution in [2.45, 2.75) is 13.1 Å². The van der Waals surface area contributed by atoms with Gasteiger partial charge in [0.25, 0.3) is 5.91 Å². The largest absolute Gasteiger partial charge is 0.478 e. The molecule has 1 aliphatic rings. The number of fused-ring (bicyclic) bond motifs is 1. The van der Waals surface area contributed by atoms with Gasteiger partial charge in [-0.3, -0.25) is 4.79 Å². The molecule has 1 amide bonds. The van der Waals surface area contributed by atoms with Gasteiger partial charge in [0.2, 0.25) is 0 Å². The normalized spacial score (nSPS) is 13.4. The number of benzene rings is 1. The van der Waals surface area contributed by atoms with Gasteiger partial charge >= 0.3 is 5.97 Å². The number of carbonyl (C=O) groups excluding carboxylic acids is 1. The van der Waals surface area contributed by atoms with Crippen LogP contribution in [0.2, 0.25) is 0 Å². The molecule has 0 aliphatic carbocycles. The highest BCUT2D eigenvalue weighted by atomic mass is 32.1. The van der Waals surface area contributed by atoms with E-state index in [4.69, 9.17) is 5.11 Å². The van der Waals surface area contributed by atoms with Gasteiger partial charge in [-0.2, -0.15) is 8.75 Å². The lowest BCUT2D eigenvalue weighted by Gasteiger charge is -2.12. The highest BCUT2D eigenvalue weighted by molar-refractivity contribution is 6.99. The Morgan fingerprint density at radius 3 is 2.74 bits per heavy atom. The molecule has 2 aromatic rings. The number of hydrogen-bond donors (Lipinski definition) is 1. The van der Waals surface area contributed by atoms with E-state index in [1.165, 1.54) is 6.20 Å². The van der Waals surface area contributed by atoms with E-state index in [1.807, 2.05) is 0 Å². The quantitative estimate of drug-likeness (QED) is 0.895.